The Kier molecular flexibility index (Phi) is 2.43. The van der Waals surface area contributed by atoms with Crippen molar-refractivity contribution in [1.29, 1.82) is 0 Å². The number of thiophene rings is 1. The van der Waals surface area contributed by atoms with Crippen molar-refractivity contribution >= 4 is 17.0 Å². The predicted molar refractivity (Wildman–Crippen MR) is 78.5 cm³/mol. The molecule has 98 valence electrons. The molecule has 0 atom stereocenters. The van der Waals surface area contributed by atoms with Gasteiger partial charge in [0.2, 0.25) is 0 Å². The van der Waals surface area contributed by atoms with Gasteiger partial charge < -0.3 is 0 Å². The zero-order valence-electron chi connectivity index (χ0n) is 10.8. The van der Waals surface area contributed by atoms with Crippen LogP contribution in [0.15, 0.2) is 47.8 Å². The van der Waals surface area contributed by atoms with Gasteiger partial charge in [0.1, 0.15) is 0 Å². The van der Waals surface area contributed by atoms with Crippen LogP contribution in [0.1, 0.15) is 0 Å². The Labute approximate surface area is 119 Å². The van der Waals surface area contributed by atoms with Crippen LogP contribution in [-0.4, -0.2) is 24.1 Å². The molecule has 20 heavy (non-hydrogen) atoms. The van der Waals surface area contributed by atoms with E-state index in [9.17, 15) is 0 Å². The van der Waals surface area contributed by atoms with Crippen LogP contribution in [0.5, 0.6) is 0 Å². The maximum absolute atomic E-state index is 4.45. The third-order valence-electron chi connectivity index (χ3n) is 3.21. The van der Waals surface area contributed by atoms with E-state index < -0.39 is 0 Å². The molecule has 0 bridgehead atoms. The molecule has 0 spiro atoms. The highest BCUT2D eigenvalue weighted by Gasteiger charge is 2.09. The van der Waals surface area contributed by atoms with Crippen molar-refractivity contribution in [3.63, 3.8) is 0 Å². The number of fused-ring (bicyclic) bond motifs is 1. The van der Waals surface area contributed by atoms with Gasteiger partial charge in [-0.15, -0.1) is 0 Å². The molecule has 0 aromatic carbocycles. The molecule has 0 fully saturated rings. The van der Waals surface area contributed by atoms with Crippen molar-refractivity contribution in [3.05, 3.63) is 47.8 Å². The molecule has 0 amide bonds. The van der Waals surface area contributed by atoms with Gasteiger partial charge in [0.15, 0.2) is 5.65 Å². The second-order valence-electron chi connectivity index (χ2n) is 4.56. The minimum atomic E-state index is 0.846. The number of aromatic nitrogens is 5. The van der Waals surface area contributed by atoms with Crippen LogP contribution >= 0.6 is 11.3 Å². The minimum Gasteiger partial charge on any atom is -0.296 e. The Morgan fingerprint density at radius 1 is 1.05 bits per heavy atom. The maximum atomic E-state index is 4.45. The molecule has 0 saturated heterocycles. The molecule has 0 radical (unpaired) electrons. The van der Waals surface area contributed by atoms with E-state index in [1.807, 2.05) is 31.8 Å². The topological polar surface area (TPSA) is 48.0 Å². The molecule has 0 aliphatic rings. The number of hydrogen-bond acceptors (Lipinski definition) is 4. The summed E-state index contributed by atoms with van der Waals surface area (Å²) in [4.78, 5) is 8.85. The molecule has 0 N–H and O–H groups in total. The predicted octanol–water partition coefficient (Wildman–Crippen LogP) is 2.86. The summed E-state index contributed by atoms with van der Waals surface area (Å²) < 4.78 is 3.84. The first kappa shape index (κ1) is 11.4. The molecule has 5 nitrogen and oxygen atoms in total. The number of hydrogen-bond donors (Lipinski definition) is 0. The van der Waals surface area contributed by atoms with Crippen molar-refractivity contribution in [3.8, 4) is 22.5 Å². The summed E-state index contributed by atoms with van der Waals surface area (Å²) in [7, 11) is 1.90. The summed E-state index contributed by atoms with van der Waals surface area (Å²) in [5, 5.41) is 8.37. The molecule has 4 rings (SSSR count). The van der Waals surface area contributed by atoms with Crippen molar-refractivity contribution in [2.24, 2.45) is 7.05 Å². The lowest BCUT2D eigenvalue weighted by atomic mass is 10.2. The Morgan fingerprint density at radius 2 is 2.00 bits per heavy atom. The van der Waals surface area contributed by atoms with E-state index in [1.165, 1.54) is 5.56 Å². The van der Waals surface area contributed by atoms with Gasteiger partial charge in [-0.05, 0) is 11.4 Å². The van der Waals surface area contributed by atoms with Crippen molar-refractivity contribution in [1.82, 2.24) is 24.1 Å². The van der Waals surface area contributed by atoms with Crippen molar-refractivity contribution in [2.75, 3.05) is 0 Å². The highest BCUT2D eigenvalue weighted by molar-refractivity contribution is 7.08. The van der Waals surface area contributed by atoms with Crippen molar-refractivity contribution < 1.29 is 0 Å². The zero-order chi connectivity index (χ0) is 13.5. The third kappa shape index (κ3) is 1.73. The van der Waals surface area contributed by atoms with Crippen LogP contribution in [0, 0.1) is 0 Å². The van der Waals surface area contributed by atoms with E-state index in [0.29, 0.717) is 0 Å². The van der Waals surface area contributed by atoms with Gasteiger partial charge in [-0.2, -0.15) is 16.4 Å². The Hall–Kier alpha value is -2.47. The maximum Gasteiger partial charge on any atom is 0.155 e. The second kappa shape index (κ2) is 4.28. The first-order valence-corrected chi connectivity index (χ1v) is 7.10. The fourth-order valence-electron chi connectivity index (χ4n) is 2.22. The van der Waals surface area contributed by atoms with Crippen LogP contribution in [0.25, 0.3) is 28.2 Å². The molecule has 0 aliphatic carbocycles. The quantitative estimate of drug-likeness (QED) is 0.567. The van der Waals surface area contributed by atoms with E-state index in [2.05, 4.69) is 36.3 Å². The fourth-order valence-corrected chi connectivity index (χ4v) is 2.87. The molecule has 4 aromatic heterocycles. The van der Waals surface area contributed by atoms with Crippen molar-refractivity contribution in [2.45, 2.75) is 0 Å². The van der Waals surface area contributed by atoms with Gasteiger partial charge in [0, 0.05) is 35.9 Å². The lowest BCUT2D eigenvalue weighted by molar-refractivity contribution is 0.768. The monoisotopic (exact) mass is 281 g/mol. The van der Waals surface area contributed by atoms with E-state index in [4.69, 9.17) is 0 Å². The SMILES string of the molecule is Cn1cc(-c2cn3c(-c4ccsc4)cnc3cn2)cn1. The molecule has 6 heteroatoms. The average Bonchev–Trinajstić information content (AvgIpc) is 3.17. The van der Waals surface area contributed by atoms with Gasteiger partial charge in [0.25, 0.3) is 0 Å². The van der Waals surface area contributed by atoms with Crippen LogP contribution in [0.4, 0.5) is 0 Å². The molecule has 0 aliphatic heterocycles. The highest BCUT2D eigenvalue weighted by Crippen LogP contribution is 2.24. The van der Waals surface area contributed by atoms with E-state index >= 15 is 0 Å². The first-order valence-electron chi connectivity index (χ1n) is 6.16. The van der Waals surface area contributed by atoms with E-state index in [1.54, 1.807) is 22.2 Å². The summed E-state index contributed by atoms with van der Waals surface area (Å²) in [6, 6.07) is 2.10. The smallest absolute Gasteiger partial charge is 0.155 e. The summed E-state index contributed by atoms with van der Waals surface area (Å²) in [6.45, 7) is 0. The number of imidazole rings is 1. The summed E-state index contributed by atoms with van der Waals surface area (Å²) in [5.41, 5.74) is 4.98. The molecule has 0 saturated carbocycles. The van der Waals surface area contributed by atoms with Crippen LogP contribution in [0.2, 0.25) is 0 Å². The molecule has 4 heterocycles. The summed E-state index contributed by atoms with van der Waals surface area (Å²) in [5.74, 6) is 0. The lowest BCUT2D eigenvalue weighted by Gasteiger charge is -2.02. The summed E-state index contributed by atoms with van der Waals surface area (Å²) >= 11 is 1.68. The van der Waals surface area contributed by atoms with E-state index in [-0.39, 0.29) is 0 Å². The Balaban J connectivity index is 1.92. The normalized spacial score (nSPS) is 11.2. The zero-order valence-corrected chi connectivity index (χ0v) is 11.6. The van der Waals surface area contributed by atoms with Crippen LogP contribution < -0.4 is 0 Å². The highest BCUT2D eigenvalue weighted by atomic mass is 32.1. The minimum absolute atomic E-state index is 0.846. The molecular formula is C14H11N5S. The molecule has 4 aromatic rings. The number of nitrogens with zero attached hydrogens (tertiary/aromatic N) is 5. The third-order valence-corrected chi connectivity index (χ3v) is 3.90. The van der Waals surface area contributed by atoms with Gasteiger partial charge in [0.05, 0.1) is 30.0 Å². The van der Waals surface area contributed by atoms with Crippen LogP contribution in [-0.2, 0) is 7.05 Å². The number of aryl methyl sites for hydroxylation is 1. The largest absolute Gasteiger partial charge is 0.296 e. The standard InChI is InChI=1S/C14H11N5S/c1-18-7-11(4-17-18)12-8-19-13(10-2-3-20-9-10)5-16-14(19)6-15-12/h2-9H,1H3. The number of rotatable bonds is 2. The summed E-state index contributed by atoms with van der Waals surface area (Å²) in [6.07, 6.45) is 9.45. The van der Waals surface area contributed by atoms with Gasteiger partial charge in [-0.25, -0.2) is 4.98 Å². The second-order valence-corrected chi connectivity index (χ2v) is 5.34. The Bertz CT molecular complexity index is 872. The molecular weight excluding hydrogens is 270 g/mol. The molecule has 0 unspecified atom stereocenters. The Morgan fingerprint density at radius 3 is 2.75 bits per heavy atom. The lowest BCUT2D eigenvalue weighted by Crippen LogP contribution is -1.92. The van der Waals surface area contributed by atoms with Gasteiger partial charge >= 0.3 is 0 Å². The van der Waals surface area contributed by atoms with Crippen LogP contribution in [0.3, 0.4) is 0 Å². The first-order chi connectivity index (χ1) is 9.81. The fraction of sp³-hybridized carbons (Fsp3) is 0.0714. The van der Waals surface area contributed by atoms with Gasteiger partial charge in [-0.3, -0.25) is 14.1 Å². The van der Waals surface area contributed by atoms with Gasteiger partial charge in [-0.1, -0.05) is 0 Å². The van der Waals surface area contributed by atoms with E-state index in [0.717, 1.165) is 22.6 Å². The average molecular weight is 281 g/mol.